The molecule has 400 valence electrons. The summed E-state index contributed by atoms with van der Waals surface area (Å²) in [6.07, 6.45) is 16.2. The van der Waals surface area contributed by atoms with Crippen molar-refractivity contribution in [3.05, 3.63) is 48.5 Å². The third-order valence-corrected chi connectivity index (χ3v) is 11.7. The van der Waals surface area contributed by atoms with Crippen LogP contribution in [0.2, 0.25) is 0 Å². The van der Waals surface area contributed by atoms with Crippen molar-refractivity contribution in [2.45, 2.75) is 196 Å². The van der Waals surface area contributed by atoms with Crippen LogP contribution >= 0.6 is 0 Å². The Balaban J connectivity index is 1.67. The molecule has 4 rings (SSSR count). The first kappa shape index (κ1) is 59.4. The van der Waals surface area contributed by atoms with Crippen LogP contribution < -0.4 is 31.1 Å². The Hall–Kier alpha value is -7.12. The topological polar surface area (TPSA) is 259 Å². The summed E-state index contributed by atoms with van der Waals surface area (Å²) in [5, 5.41) is 19.8. The van der Waals surface area contributed by atoms with E-state index in [2.05, 4.69) is 61.4 Å². The molecule has 74 heavy (non-hydrogen) atoms. The van der Waals surface area contributed by atoms with E-state index >= 15 is 0 Å². The molecule has 0 atom stereocenters. The van der Waals surface area contributed by atoms with E-state index < -0.39 is 0 Å². The number of benzene rings is 2. The van der Waals surface area contributed by atoms with Gasteiger partial charge in [0, 0.05) is 38.5 Å². The number of unbranched alkanes of at least 4 members (excludes halogenated alkanes) is 12. The van der Waals surface area contributed by atoms with Gasteiger partial charge in [0.15, 0.2) is 0 Å². The second kappa shape index (κ2) is 33.6. The van der Waals surface area contributed by atoms with Crippen LogP contribution in [0.3, 0.4) is 0 Å². The molecule has 20 nitrogen and oxygen atoms in total. The highest BCUT2D eigenvalue weighted by atomic mass is 16.2. The number of azo groups is 1. The Morgan fingerprint density at radius 1 is 0.351 bits per heavy atom. The maximum atomic E-state index is 14.1. The zero-order valence-corrected chi connectivity index (χ0v) is 44.5. The summed E-state index contributed by atoms with van der Waals surface area (Å²) >= 11 is 0. The lowest BCUT2D eigenvalue weighted by molar-refractivity contribution is -0.118. The molecular weight excluding hydrogens is 941 g/mol. The van der Waals surface area contributed by atoms with E-state index in [-0.39, 0.29) is 110 Å². The molecule has 0 saturated carbocycles. The van der Waals surface area contributed by atoms with E-state index in [0.717, 1.165) is 77.0 Å². The Morgan fingerprint density at radius 3 is 0.838 bits per heavy atom. The number of aromatic nitrogens is 6. The average molecular weight is 1020 g/mol. The molecule has 2 aromatic heterocycles. The summed E-state index contributed by atoms with van der Waals surface area (Å²) in [7, 11) is 0. The minimum Gasteiger partial charge on any atom is -0.294 e. The second-order valence-electron chi connectivity index (χ2n) is 18.2. The monoisotopic (exact) mass is 1020 g/mol. The van der Waals surface area contributed by atoms with Gasteiger partial charge in [-0.05, 0) is 87.1 Å². The van der Waals surface area contributed by atoms with Crippen LogP contribution in [0.25, 0.3) is 0 Å². The van der Waals surface area contributed by atoms with Gasteiger partial charge in [0.2, 0.25) is 71.1 Å². The number of carbonyl (C=O) groups is 6. The molecule has 0 aliphatic rings. The molecule has 0 aliphatic heterocycles. The number of amides is 6. The second-order valence-corrected chi connectivity index (χ2v) is 18.2. The van der Waals surface area contributed by atoms with Crippen LogP contribution in [-0.2, 0) is 28.8 Å². The van der Waals surface area contributed by atoms with Gasteiger partial charge in [-0.3, -0.25) is 50.0 Å². The van der Waals surface area contributed by atoms with E-state index in [9.17, 15) is 28.8 Å². The van der Waals surface area contributed by atoms with Gasteiger partial charge in [-0.15, -0.1) is 0 Å². The minimum absolute atomic E-state index is 0.0643. The summed E-state index contributed by atoms with van der Waals surface area (Å²) in [4.78, 5) is 109. The predicted octanol–water partition coefficient (Wildman–Crippen LogP) is 13.0. The number of carbonyl (C=O) groups excluding carboxylic acids is 6. The van der Waals surface area contributed by atoms with Crippen LogP contribution in [0.4, 0.5) is 58.4 Å². The molecule has 0 aliphatic carbocycles. The average Bonchev–Trinajstić information content (AvgIpc) is 3.37. The molecule has 0 unspecified atom stereocenters. The molecule has 0 fully saturated rings. The Labute approximate surface area is 436 Å². The van der Waals surface area contributed by atoms with Gasteiger partial charge < -0.3 is 0 Å². The summed E-state index contributed by atoms with van der Waals surface area (Å²) < 4.78 is 0. The third kappa shape index (κ3) is 21.2. The first-order chi connectivity index (χ1) is 35.9. The molecule has 2 heterocycles. The van der Waals surface area contributed by atoms with E-state index in [1.54, 1.807) is 48.5 Å². The number of rotatable bonds is 34. The van der Waals surface area contributed by atoms with Crippen molar-refractivity contribution < 1.29 is 28.8 Å². The van der Waals surface area contributed by atoms with Crippen LogP contribution in [-0.4, -0.2) is 65.3 Å². The zero-order chi connectivity index (χ0) is 53.5. The maximum Gasteiger partial charge on any atom is 0.243 e. The normalized spacial score (nSPS) is 11.1. The molecule has 0 bridgehead atoms. The highest BCUT2D eigenvalue weighted by molar-refractivity contribution is 6.01. The highest BCUT2D eigenvalue weighted by Crippen LogP contribution is 2.31. The number of nitrogens with one attached hydrogen (secondary N) is 4. The van der Waals surface area contributed by atoms with Crippen LogP contribution in [0, 0.1) is 0 Å². The largest absolute Gasteiger partial charge is 0.294 e. The van der Waals surface area contributed by atoms with Gasteiger partial charge >= 0.3 is 0 Å². The molecule has 2 aromatic carbocycles. The Kier molecular flexibility index (Phi) is 27.0. The lowest BCUT2D eigenvalue weighted by Crippen LogP contribution is -2.29. The Bertz CT molecular complexity index is 2180. The molecule has 4 N–H and O–H groups in total. The molecule has 6 amide bonds. The van der Waals surface area contributed by atoms with Crippen molar-refractivity contribution in [2.24, 2.45) is 10.2 Å². The van der Waals surface area contributed by atoms with Crippen molar-refractivity contribution in [3.8, 4) is 0 Å². The number of nitrogens with zero attached hydrogens (tertiary/aromatic N) is 10. The predicted molar refractivity (Wildman–Crippen MR) is 290 cm³/mol. The number of anilines is 8. The molecule has 0 spiro atoms. The fourth-order valence-electron chi connectivity index (χ4n) is 7.51. The first-order valence-electron chi connectivity index (χ1n) is 26.9. The van der Waals surface area contributed by atoms with Crippen molar-refractivity contribution in [2.75, 3.05) is 31.1 Å². The molecule has 4 aromatic rings. The van der Waals surface area contributed by atoms with Crippen molar-refractivity contribution in [1.82, 2.24) is 29.9 Å². The van der Waals surface area contributed by atoms with Gasteiger partial charge in [-0.2, -0.15) is 40.1 Å². The van der Waals surface area contributed by atoms with E-state index in [1.165, 1.54) is 9.80 Å². The quantitative estimate of drug-likeness (QED) is 0.0252. The van der Waals surface area contributed by atoms with Gasteiger partial charge in [-0.1, -0.05) is 119 Å². The van der Waals surface area contributed by atoms with Crippen LogP contribution in [0.5, 0.6) is 0 Å². The lowest BCUT2D eigenvalue weighted by Gasteiger charge is -2.22. The van der Waals surface area contributed by atoms with Gasteiger partial charge in [0.1, 0.15) is 0 Å². The summed E-state index contributed by atoms with van der Waals surface area (Å²) in [5.41, 5.74) is 1.75. The highest BCUT2D eigenvalue weighted by Gasteiger charge is 2.26. The van der Waals surface area contributed by atoms with Crippen LogP contribution in [0.1, 0.15) is 196 Å². The first-order valence-corrected chi connectivity index (χ1v) is 26.9. The zero-order valence-electron chi connectivity index (χ0n) is 44.5. The minimum atomic E-state index is -0.292. The third-order valence-electron chi connectivity index (χ3n) is 11.7. The van der Waals surface area contributed by atoms with E-state index in [0.29, 0.717) is 61.3 Å². The van der Waals surface area contributed by atoms with Crippen molar-refractivity contribution in [3.63, 3.8) is 0 Å². The van der Waals surface area contributed by atoms with Crippen molar-refractivity contribution in [1.29, 1.82) is 0 Å². The van der Waals surface area contributed by atoms with E-state index in [1.807, 2.05) is 41.5 Å². The maximum absolute atomic E-state index is 14.1. The smallest absolute Gasteiger partial charge is 0.243 e. The number of hydrogen-bond donors (Lipinski definition) is 4. The van der Waals surface area contributed by atoms with E-state index in [4.69, 9.17) is 0 Å². The van der Waals surface area contributed by atoms with Gasteiger partial charge in [0.25, 0.3) is 0 Å². The summed E-state index contributed by atoms with van der Waals surface area (Å²) in [6, 6.07) is 13.5. The van der Waals surface area contributed by atoms with Gasteiger partial charge in [-0.25, -0.2) is 9.80 Å². The lowest BCUT2D eigenvalue weighted by atomic mass is 10.2. The fourth-order valence-corrected chi connectivity index (χ4v) is 7.51. The standard InChI is InChI=1S/C54H78N14O6/c1-7-13-19-25-43(69)55-49-59-50(56-44(70)26-20-14-8-2)62-53(61-49)67(47(73)29-23-17-11-5)41-35-31-39(32-36-41)65-66-40-33-37-42(38-34-40)68(48(74)30-24-18-12-6)54-63-51(57-45(71)27-21-15-9-3)60-52(64-54)58-46(72)28-22-16-10-4/h31-38H,7-30H2,1-6H3,(H2,55,56,59,61,62,69,70)(H2,57,58,60,63,64,71,72). The summed E-state index contributed by atoms with van der Waals surface area (Å²) in [5.74, 6) is -2.22. The molecular formula is C54H78N14O6. The molecule has 0 saturated heterocycles. The fraction of sp³-hybridized carbons (Fsp3) is 0.556. The van der Waals surface area contributed by atoms with Crippen LogP contribution in [0.15, 0.2) is 58.8 Å². The SMILES string of the molecule is CCCCCC(=O)Nc1nc(NC(=O)CCCCC)nc(N(C(=O)CCCCC)c2ccc(N=Nc3ccc(N(C(=O)CCCCC)c4nc(NC(=O)CCCCC)nc(NC(=O)CCCCC)n4)cc3)cc2)n1. The number of hydrogen-bond acceptors (Lipinski definition) is 14. The van der Waals surface area contributed by atoms with Crippen molar-refractivity contribution >= 4 is 93.9 Å². The molecule has 20 heteroatoms. The summed E-state index contributed by atoms with van der Waals surface area (Å²) in [6.45, 7) is 12.3. The Morgan fingerprint density at radius 2 is 0.595 bits per heavy atom. The van der Waals surface area contributed by atoms with Gasteiger partial charge in [0.05, 0.1) is 22.7 Å². The molecule has 0 radical (unpaired) electrons.